The molecule has 8 nitrogen and oxygen atoms in total. The molecule has 0 saturated heterocycles. The van der Waals surface area contributed by atoms with E-state index in [0.29, 0.717) is 17.9 Å². The third-order valence-electron chi connectivity index (χ3n) is 3.43. The van der Waals surface area contributed by atoms with E-state index < -0.39 is 11.0 Å². The van der Waals surface area contributed by atoms with Crippen LogP contribution in [0.15, 0.2) is 47.6 Å². The molecule has 0 heterocycles. The van der Waals surface area contributed by atoms with E-state index in [2.05, 4.69) is 22.8 Å². The topological polar surface area (TPSA) is 106 Å². The van der Waals surface area contributed by atoms with Gasteiger partial charge in [-0.15, -0.1) is 0 Å². The molecule has 2 rings (SSSR count). The Bertz CT molecular complexity index is 825. The van der Waals surface area contributed by atoms with Crippen LogP contribution >= 0.6 is 11.6 Å². The lowest BCUT2D eigenvalue weighted by Crippen LogP contribution is -2.24. The summed E-state index contributed by atoms with van der Waals surface area (Å²) in [6.45, 7) is 2.74. The number of carbonyl (C=O) groups is 1. The smallest absolute Gasteiger partial charge is 0.339 e. The number of hydrazone groups is 1. The van der Waals surface area contributed by atoms with Gasteiger partial charge in [-0.3, -0.25) is 10.1 Å². The van der Waals surface area contributed by atoms with Gasteiger partial charge in [0.05, 0.1) is 17.7 Å². The number of halogens is 1. The van der Waals surface area contributed by atoms with Gasteiger partial charge < -0.3 is 10.1 Å². The summed E-state index contributed by atoms with van der Waals surface area (Å²) in [6, 6.07) is 10.6. The van der Waals surface area contributed by atoms with Crippen LogP contribution in [-0.2, 0) is 0 Å². The number of unbranched alkanes of at least 4 members (excludes halogenated alkanes) is 1. The van der Waals surface area contributed by atoms with Gasteiger partial charge in [-0.05, 0) is 36.8 Å². The van der Waals surface area contributed by atoms with E-state index in [0.717, 1.165) is 18.6 Å². The molecule has 0 fully saturated rings. The largest absolute Gasteiger partial charge is 0.494 e. The second-order valence-electron chi connectivity index (χ2n) is 5.52. The molecule has 0 aromatic heterocycles. The molecule has 9 heteroatoms. The molecule has 2 N–H and O–H groups in total. The number of hydrogen-bond donors (Lipinski definition) is 2. The van der Waals surface area contributed by atoms with Gasteiger partial charge >= 0.3 is 6.03 Å². The van der Waals surface area contributed by atoms with E-state index >= 15 is 0 Å². The Morgan fingerprint density at radius 2 is 2.04 bits per heavy atom. The summed E-state index contributed by atoms with van der Waals surface area (Å²) >= 11 is 5.74. The number of hydrogen-bond acceptors (Lipinski definition) is 5. The van der Waals surface area contributed by atoms with E-state index in [-0.39, 0.29) is 10.7 Å². The van der Waals surface area contributed by atoms with Crippen LogP contribution in [0, 0.1) is 10.1 Å². The van der Waals surface area contributed by atoms with E-state index in [1.807, 2.05) is 0 Å². The highest BCUT2D eigenvalue weighted by Gasteiger charge is 2.11. The molecule has 2 aromatic carbocycles. The molecule has 0 saturated carbocycles. The number of benzene rings is 2. The summed E-state index contributed by atoms with van der Waals surface area (Å²) in [5.41, 5.74) is 3.06. The molecule has 0 bridgehead atoms. The highest BCUT2D eigenvalue weighted by Crippen LogP contribution is 2.24. The third-order valence-corrected chi connectivity index (χ3v) is 3.75. The molecule has 0 aliphatic carbocycles. The Morgan fingerprint density at radius 3 is 2.70 bits per heavy atom. The minimum atomic E-state index is -0.588. The number of nitrogens with one attached hydrogen (secondary N) is 2. The standard InChI is InChI=1S/C18H19ClN4O4/c1-2-3-10-27-15-7-5-14(6-8-15)21-18(24)22-20-12-13-4-9-16(19)17(11-13)23(25)26/h4-9,11-12H,2-3,10H2,1H3,(H2,21,22,24). The highest BCUT2D eigenvalue weighted by molar-refractivity contribution is 6.32. The molecule has 142 valence electrons. The summed E-state index contributed by atoms with van der Waals surface area (Å²) < 4.78 is 5.55. The van der Waals surface area contributed by atoms with Crippen LogP contribution < -0.4 is 15.5 Å². The molecule has 2 amide bonds. The number of ether oxygens (including phenoxy) is 1. The van der Waals surface area contributed by atoms with Crippen molar-refractivity contribution in [3.8, 4) is 5.75 Å². The van der Waals surface area contributed by atoms with Gasteiger partial charge in [0.25, 0.3) is 5.69 Å². The molecule has 0 spiro atoms. The van der Waals surface area contributed by atoms with E-state index in [1.54, 1.807) is 30.3 Å². The van der Waals surface area contributed by atoms with Gasteiger partial charge in [0.15, 0.2) is 0 Å². The molecule has 0 unspecified atom stereocenters. The van der Waals surface area contributed by atoms with Gasteiger partial charge in [0.2, 0.25) is 0 Å². The Morgan fingerprint density at radius 1 is 1.30 bits per heavy atom. The molecule has 0 radical (unpaired) electrons. The average Bonchev–Trinajstić information content (AvgIpc) is 2.64. The molecule has 0 aliphatic rings. The minimum Gasteiger partial charge on any atom is -0.494 e. The van der Waals surface area contributed by atoms with Crippen molar-refractivity contribution in [1.29, 1.82) is 0 Å². The fourth-order valence-corrected chi connectivity index (χ4v) is 2.23. The lowest BCUT2D eigenvalue weighted by Gasteiger charge is -2.07. The second kappa shape index (κ2) is 10.1. The molecular formula is C18H19ClN4O4. The number of carbonyl (C=O) groups excluding carboxylic acids is 1. The van der Waals surface area contributed by atoms with Crippen LogP contribution in [0.4, 0.5) is 16.2 Å². The third kappa shape index (κ3) is 6.59. The maximum atomic E-state index is 11.8. The van der Waals surface area contributed by atoms with Crippen molar-refractivity contribution in [2.75, 3.05) is 11.9 Å². The van der Waals surface area contributed by atoms with Crippen molar-refractivity contribution in [1.82, 2.24) is 5.43 Å². The first kappa shape index (κ1) is 20.2. The maximum Gasteiger partial charge on any atom is 0.339 e. The van der Waals surface area contributed by atoms with Crippen molar-refractivity contribution in [2.24, 2.45) is 5.10 Å². The monoisotopic (exact) mass is 390 g/mol. The van der Waals surface area contributed by atoms with Crippen LogP contribution in [0.25, 0.3) is 0 Å². The Labute approximate surface area is 161 Å². The van der Waals surface area contributed by atoms with Crippen LogP contribution in [0.1, 0.15) is 25.3 Å². The first-order valence-corrected chi connectivity index (χ1v) is 8.64. The Balaban J connectivity index is 1.86. The zero-order valence-corrected chi connectivity index (χ0v) is 15.4. The number of nitro groups is 1. The zero-order valence-electron chi connectivity index (χ0n) is 14.6. The molecular weight excluding hydrogens is 372 g/mol. The molecule has 2 aromatic rings. The van der Waals surface area contributed by atoms with E-state index in [4.69, 9.17) is 16.3 Å². The summed E-state index contributed by atoms with van der Waals surface area (Å²) in [5.74, 6) is 0.733. The number of nitrogens with zero attached hydrogens (tertiary/aromatic N) is 2. The first-order valence-electron chi connectivity index (χ1n) is 8.26. The first-order chi connectivity index (χ1) is 13.0. The van der Waals surface area contributed by atoms with Crippen molar-refractivity contribution in [3.63, 3.8) is 0 Å². The van der Waals surface area contributed by atoms with Gasteiger partial charge in [-0.1, -0.05) is 31.0 Å². The predicted molar refractivity (Wildman–Crippen MR) is 105 cm³/mol. The van der Waals surface area contributed by atoms with Crippen LogP contribution in [0.3, 0.4) is 0 Å². The SMILES string of the molecule is CCCCOc1ccc(NC(=O)NN=Cc2ccc(Cl)c([N+](=O)[O-])c2)cc1. The molecule has 0 aliphatic heterocycles. The summed E-state index contributed by atoms with van der Waals surface area (Å²) in [4.78, 5) is 22.1. The van der Waals surface area contributed by atoms with E-state index in [1.165, 1.54) is 18.3 Å². The Kier molecular flexibility index (Phi) is 7.57. The van der Waals surface area contributed by atoms with Gasteiger partial charge in [0.1, 0.15) is 10.8 Å². The normalized spacial score (nSPS) is 10.6. The van der Waals surface area contributed by atoms with Gasteiger partial charge in [0, 0.05) is 17.3 Å². The molecule has 27 heavy (non-hydrogen) atoms. The van der Waals surface area contributed by atoms with E-state index in [9.17, 15) is 14.9 Å². The second-order valence-corrected chi connectivity index (χ2v) is 5.93. The summed E-state index contributed by atoms with van der Waals surface area (Å²) in [5, 5.41) is 17.2. The maximum absolute atomic E-state index is 11.8. The lowest BCUT2D eigenvalue weighted by atomic mass is 10.2. The minimum absolute atomic E-state index is 0.0324. The van der Waals surface area contributed by atoms with Crippen molar-refractivity contribution >= 4 is 35.2 Å². The zero-order chi connectivity index (χ0) is 19.6. The summed E-state index contributed by atoms with van der Waals surface area (Å²) in [6.07, 6.45) is 3.33. The average molecular weight is 391 g/mol. The predicted octanol–water partition coefficient (Wildman–Crippen LogP) is 4.58. The van der Waals surface area contributed by atoms with Crippen molar-refractivity contribution in [2.45, 2.75) is 19.8 Å². The quantitative estimate of drug-likeness (QED) is 0.297. The van der Waals surface area contributed by atoms with Gasteiger partial charge in [-0.25, -0.2) is 10.2 Å². The number of amides is 2. The van der Waals surface area contributed by atoms with Crippen LogP contribution in [0.2, 0.25) is 5.02 Å². The number of nitro benzene ring substituents is 1. The van der Waals surface area contributed by atoms with Crippen molar-refractivity contribution < 1.29 is 14.5 Å². The molecule has 0 atom stereocenters. The Hall–Kier alpha value is -3.13. The number of rotatable bonds is 8. The number of urea groups is 1. The number of anilines is 1. The fourth-order valence-electron chi connectivity index (χ4n) is 2.04. The van der Waals surface area contributed by atoms with Gasteiger partial charge in [-0.2, -0.15) is 5.10 Å². The van der Waals surface area contributed by atoms with Crippen LogP contribution in [0.5, 0.6) is 5.75 Å². The summed E-state index contributed by atoms with van der Waals surface area (Å²) in [7, 11) is 0. The highest BCUT2D eigenvalue weighted by atomic mass is 35.5. The lowest BCUT2D eigenvalue weighted by molar-refractivity contribution is -0.384. The van der Waals surface area contributed by atoms with Crippen molar-refractivity contribution in [3.05, 3.63) is 63.2 Å². The van der Waals surface area contributed by atoms with Crippen LogP contribution in [-0.4, -0.2) is 23.8 Å². The fraction of sp³-hybridized carbons (Fsp3) is 0.222.